The van der Waals surface area contributed by atoms with Gasteiger partial charge >= 0.3 is 0 Å². The molecule has 3 aliphatic rings. The standard InChI is InChI=1S/C22H31N3O3/c1-3-4-8-22(26)25-15-18-16-28-23(2)20(18)14-21(25)17-6-5-7-19(13-17)24-9-11-27-12-10-24/h3,5-7,13,18,20-21H,1,4,8-12,14-16H2,2H3/t18-,20-,21-/m0/s1. The largest absolute Gasteiger partial charge is 0.378 e. The van der Waals surface area contributed by atoms with Gasteiger partial charge in [0.25, 0.3) is 0 Å². The molecular formula is C22H31N3O3. The van der Waals surface area contributed by atoms with E-state index in [0.717, 1.165) is 45.7 Å². The van der Waals surface area contributed by atoms with Crippen LogP contribution in [0.15, 0.2) is 36.9 Å². The smallest absolute Gasteiger partial charge is 0.223 e. The SMILES string of the molecule is C=CCCC(=O)N1C[C@H]2CON(C)[C@H]2C[C@H]1c1cccc(N2CCOCC2)c1. The molecule has 0 N–H and O–H groups in total. The number of benzene rings is 1. The molecule has 0 radical (unpaired) electrons. The number of morpholine rings is 1. The van der Waals surface area contributed by atoms with Crippen LogP contribution in [0.3, 0.4) is 0 Å². The molecule has 0 bridgehead atoms. The van der Waals surface area contributed by atoms with Crippen LogP contribution >= 0.6 is 0 Å². The van der Waals surface area contributed by atoms with Crippen molar-refractivity contribution in [3.8, 4) is 0 Å². The number of rotatable bonds is 5. The topological polar surface area (TPSA) is 45.2 Å². The first-order chi connectivity index (χ1) is 13.7. The third kappa shape index (κ3) is 3.95. The number of carbonyl (C=O) groups is 1. The molecule has 0 aliphatic carbocycles. The Labute approximate surface area is 167 Å². The van der Waals surface area contributed by atoms with Gasteiger partial charge in [0.2, 0.25) is 5.91 Å². The maximum absolute atomic E-state index is 13.0. The first-order valence-electron chi connectivity index (χ1n) is 10.4. The van der Waals surface area contributed by atoms with Gasteiger partial charge in [-0.05, 0) is 30.5 Å². The summed E-state index contributed by atoms with van der Waals surface area (Å²) in [6.45, 7) is 8.60. The second-order valence-corrected chi connectivity index (χ2v) is 7.99. The molecule has 6 nitrogen and oxygen atoms in total. The Balaban J connectivity index is 1.59. The highest BCUT2D eigenvalue weighted by Crippen LogP contribution is 2.39. The molecule has 0 aromatic heterocycles. The monoisotopic (exact) mass is 385 g/mol. The van der Waals surface area contributed by atoms with Crippen molar-refractivity contribution >= 4 is 11.6 Å². The first-order valence-corrected chi connectivity index (χ1v) is 10.4. The van der Waals surface area contributed by atoms with Gasteiger partial charge in [0, 0.05) is 50.7 Å². The van der Waals surface area contributed by atoms with Crippen molar-refractivity contribution in [3.05, 3.63) is 42.5 Å². The molecule has 1 amide bonds. The van der Waals surface area contributed by atoms with Crippen LogP contribution in [0.4, 0.5) is 5.69 Å². The van der Waals surface area contributed by atoms with E-state index in [0.29, 0.717) is 25.0 Å². The lowest BCUT2D eigenvalue weighted by Gasteiger charge is -2.42. The molecule has 6 heteroatoms. The Bertz CT molecular complexity index is 704. The van der Waals surface area contributed by atoms with E-state index in [1.165, 1.54) is 11.3 Å². The lowest BCUT2D eigenvalue weighted by atomic mass is 9.85. The summed E-state index contributed by atoms with van der Waals surface area (Å²) in [4.78, 5) is 23.2. The van der Waals surface area contributed by atoms with E-state index in [1.807, 2.05) is 18.2 Å². The predicted octanol–water partition coefficient (Wildman–Crippen LogP) is 2.62. The van der Waals surface area contributed by atoms with E-state index in [1.54, 1.807) is 0 Å². The Hall–Kier alpha value is -1.89. The van der Waals surface area contributed by atoms with Crippen molar-refractivity contribution in [3.63, 3.8) is 0 Å². The highest BCUT2D eigenvalue weighted by atomic mass is 16.7. The van der Waals surface area contributed by atoms with Gasteiger partial charge in [-0.3, -0.25) is 9.63 Å². The van der Waals surface area contributed by atoms with Gasteiger partial charge < -0.3 is 14.5 Å². The van der Waals surface area contributed by atoms with Crippen molar-refractivity contribution in [2.75, 3.05) is 51.4 Å². The molecule has 0 unspecified atom stereocenters. The number of anilines is 1. The van der Waals surface area contributed by atoms with Gasteiger partial charge in [-0.25, -0.2) is 0 Å². The van der Waals surface area contributed by atoms with Crippen LogP contribution in [0.5, 0.6) is 0 Å². The number of hydroxylamine groups is 2. The summed E-state index contributed by atoms with van der Waals surface area (Å²) in [5.74, 6) is 0.603. The van der Waals surface area contributed by atoms with E-state index < -0.39 is 0 Å². The third-order valence-corrected chi connectivity index (χ3v) is 6.29. The van der Waals surface area contributed by atoms with Gasteiger partial charge in [0.05, 0.1) is 25.9 Å². The first kappa shape index (κ1) is 19.4. The maximum Gasteiger partial charge on any atom is 0.223 e. The summed E-state index contributed by atoms with van der Waals surface area (Å²) in [5.41, 5.74) is 2.44. The number of carbonyl (C=O) groups excluding carboxylic acids is 1. The average Bonchev–Trinajstić information content (AvgIpc) is 3.12. The number of hydrogen-bond donors (Lipinski definition) is 0. The number of likely N-dealkylation sites (tertiary alicyclic amines) is 1. The number of amides is 1. The number of piperidine rings is 1. The van der Waals surface area contributed by atoms with Crippen LogP contribution in [0, 0.1) is 5.92 Å². The summed E-state index contributed by atoms with van der Waals surface area (Å²) in [7, 11) is 2.01. The van der Waals surface area contributed by atoms with Crippen molar-refractivity contribution in [1.29, 1.82) is 0 Å². The van der Waals surface area contributed by atoms with Gasteiger partial charge in [0.1, 0.15) is 0 Å². The minimum atomic E-state index is 0.0868. The molecule has 1 aromatic rings. The van der Waals surface area contributed by atoms with Crippen molar-refractivity contribution in [2.45, 2.75) is 31.3 Å². The van der Waals surface area contributed by atoms with E-state index >= 15 is 0 Å². The summed E-state index contributed by atoms with van der Waals surface area (Å²) >= 11 is 0. The Morgan fingerprint density at radius 3 is 2.93 bits per heavy atom. The fourth-order valence-electron chi connectivity index (χ4n) is 4.68. The second-order valence-electron chi connectivity index (χ2n) is 7.99. The Kier molecular flexibility index (Phi) is 5.99. The van der Waals surface area contributed by atoms with E-state index in [9.17, 15) is 4.79 Å². The molecule has 3 saturated heterocycles. The molecule has 4 rings (SSSR count). The van der Waals surface area contributed by atoms with Crippen LogP contribution in [0.2, 0.25) is 0 Å². The fraction of sp³-hybridized carbons (Fsp3) is 0.591. The number of hydrogen-bond acceptors (Lipinski definition) is 5. The molecule has 0 saturated carbocycles. The zero-order chi connectivity index (χ0) is 19.5. The summed E-state index contributed by atoms with van der Waals surface area (Å²) < 4.78 is 5.49. The van der Waals surface area contributed by atoms with Crippen LogP contribution in [-0.4, -0.2) is 68.4 Å². The number of ether oxygens (including phenoxy) is 1. The molecule has 3 heterocycles. The molecular weight excluding hydrogens is 354 g/mol. The molecule has 28 heavy (non-hydrogen) atoms. The summed E-state index contributed by atoms with van der Waals surface area (Å²) in [6.07, 6.45) is 3.98. The predicted molar refractivity (Wildman–Crippen MR) is 109 cm³/mol. The van der Waals surface area contributed by atoms with E-state index in [2.05, 4.69) is 40.6 Å². The third-order valence-electron chi connectivity index (χ3n) is 6.29. The average molecular weight is 386 g/mol. The van der Waals surface area contributed by atoms with E-state index in [4.69, 9.17) is 9.57 Å². The molecule has 152 valence electrons. The summed E-state index contributed by atoms with van der Waals surface area (Å²) in [5, 5.41) is 2.00. The quantitative estimate of drug-likeness (QED) is 0.729. The zero-order valence-electron chi connectivity index (χ0n) is 16.8. The van der Waals surface area contributed by atoms with Gasteiger partial charge in [-0.1, -0.05) is 18.2 Å². The van der Waals surface area contributed by atoms with Gasteiger partial charge in [0.15, 0.2) is 0 Å². The zero-order valence-corrected chi connectivity index (χ0v) is 16.8. The molecule has 3 fully saturated rings. The molecule has 0 spiro atoms. The minimum Gasteiger partial charge on any atom is -0.378 e. The highest BCUT2D eigenvalue weighted by Gasteiger charge is 2.44. The lowest BCUT2D eigenvalue weighted by molar-refractivity contribution is -0.139. The number of nitrogens with zero attached hydrogens (tertiary/aromatic N) is 3. The summed E-state index contributed by atoms with van der Waals surface area (Å²) in [6, 6.07) is 9.16. The van der Waals surface area contributed by atoms with Gasteiger partial charge in [-0.2, -0.15) is 5.06 Å². The van der Waals surface area contributed by atoms with Crippen molar-refractivity contribution in [1.82, 2.24) is 9.96 Å². The number of fused-ring (bicyclic) bond motifs is 1. The van der Waals surface area contributed by atoms with Gasteiger partial charge in [-0.15, -0.1) is 6.58 Å². The highest BCUT2D eigenvalue weighted by molar-refractivity contribution is 5.77. The minimum absolute atomic E-state index is 0.0868. The van der Waals surface area contributed by atoms with Crippen LogP contribution in [0.1, 0.15) is 30.9 Å². The molecule has 3 aliphatic heterocycles. The molecule has 1 aromatic carbocycles. The van der Waals surface area contributed by atoms with Crippen molar-refractivity contribution in [2.24, 2.45) is 5.92 Å². The second kappa shape index (κ2) is 8.64. The maximum atomic E-state index is 13.0. The van der Waals surface area contributed by atoms with Crippen LogP contribution in [-0.2, 0) is 14.4 Å². The van der Waals surface area contributed by atoms with E-state index in [-0.39, 0.29) is 11.9 Å². The van der Waals surface area contributed by atoms with Crippen LogP contribution < -0.4 is 4.90 Å². The van der Waals surface area contributed by atoms with Crippen molar-refractivity contribution < 1.29 is 14.4 Å². The number of allylic oxidation sites excluding steroid dienone is 1. The molecule has 3 atom stereocenters. The Morgan fingerprint density at radius 1 is 1.32 bits per heavy atom. The fourth-order valence-corrected chi connectivity index (χ4v) is 4.68. The lowest BCUT2D eigenvalue weighted by Crippen LogP contribution is -2.49. The normalized spacial score (nSPS) is 28.2. The Morgan fingerprint density at radius 2 is 2.14 bits per heavy atom. The van der Waals surface area contributed by atoms with Crippen LogP contribution in [0.25, 0.3) is 0 Å².